The average Bonchev–Trinajstić information content (AvgIpc) is 2.18. The molecule has 16 heavy (non-hydrogen) atoms. The number of rotatable bonds is 7. The summed E-state index contributed by atoms with van der Waals surface area (Å²) in [6.45, 7) is 9.06. The largest absolute Gasteiger partial charge is 0.462 e. The molecule has 0 radical (unpaired) electrons. The molecule has 0 saturated heterocycles. The number of ether oxygens (including phenoxy) is 1. The van der Waals surface area contributed by atoms with Gasteiger partial charge in [0.2, 0.25) is 5.91 Å². The quantitative estimate of drug-likeness (QED) is 0.643. The lowest BCUT2D eigenvalue weighted by atomic mass is 10.4. The Hall–Kier alpha value is -1.10. The molecule has 0 aromatic carbocycles. The Bertz CT molecular complexity index is 225. The van der Waals surface area contributed by atoms with Crippen molar-refractivity contribution in [3.05, 3.63) is 0 Å². The summed E-state index contributed by atoms with van der Waals surface area (Å²) >= 11 is 0. The second-order valence-electron chi connectivity index (χ2n) is 3.71. The Balaban J connectivity index is 3.73. The van der Waals surface area contributed by atoms with Crippen molar-refractivity contribution in [2.45, 2.75) is 33.8 Å². The number of likely N-dealkylation sites (N-methyl/N-ethyl adjacent to an activating group) is 1. The van der Waals surface area contributed by atoms with Crippen LogP contribution in [0.25, 0.3) is 0 Å². The van der Waals surface area contributed by atoms with Crippen molar-refractivity contribution in [1.82, 2.24) is 10.2 Å². The number of nitrogens with zero attached hydrogens (tertiary/aromatic N) is 1. The zero-order valence-electron chi connectivity index (χ0n) is 10.6. The van der Waals surface area contributed by atoms with Crippen LogP contribution in [0.4, 0.5) is 0 Å². The maximum atomic E-state index is 11.5. The van der Waals surface area contributed by atoms with E-state index in [4.69, 9.17) is 4.74 Å². The maximum Gasteiger partial charge on any atom is 0.320 e. The molecule has 5 nitrogen and oxygen atoms in total. The molecule has 0 atom stereocenters. The van der Waals surface area contributed by atoms with Crippen molar-refractivity contribution in [2.24, 2.45) is 0 Å². The zero-order valence-corrected chi connectivity index (χ0v) is 10.6. The smallest absolute Gasteiger partial charge is 0.320 e. The summed E-state index contributed by atoms with van der Waals surface area (Å²) in [6, 6.07) is 0. The molecule has 1 amide bonds. The number of hydrogen-bond acceptors (Lipinski definition) is 4. The second kappa shape index (κ2) is 8.10. The number of nitrogens with one attached hydrogen (secondary N) is 1. The van der Waals surface area contributed by atoms with Gasteiger partial charge in [-0.2, -0.15) is 0 Å². The van der Waals surface area contributed by atoms with E-state index in [0.29, 0.717) is 13.1 Å². The van der Waals surface area contributed by atoms with Gasteiger partial charge < -0.3 is 9.64 Å². The Labute approximate surface area is 97.1 Å². The number of esters is 1. The molecule has 0 bridgehead atoms. The lowest BCUT2D eigenvalue weighted by Gasteiger charge is -2.18. The molecule has 0 unspecified atom stereocenters. The van der Waals surface area contributed by atoms with E-state index < -0.39 is 0 Å². The van der Waals surface area contributed by atoms with E-state index in [1.165, 1.54) is 0 Å². The van der Waals surface area contributed by atoms with Crippen LogP contribution in [0.5, 0.6) is 0 Å². The minimum Gasteiger partial charge on any atom is -0.462 e. The van der Waals surface area contributed by atoms with Gasteiger partial charge >= 0.3 is 5.97 Å². The van der Waals surface area contributed by atoms with Crippen LogP contribution in [0.1, 0.15) is 27.7 Å². The van der Waals surface area contributed by atoms with Gasteiger partial charge in [-0.15, -0.1) is 0 Å². The number of amides is 1. The first-order valence-electron chi connectivity index (χ1n) is 5.69. The number of carbonyl (C=O) groups excluding carboxylic acids is 2. The Morgan fingerprint density at radius 1 is 1.19 bits per heavy atom. The monoisotopic (exact) mass is 230 g/mol. The molecule has 1 N–H and O–H groups in total. The maximum absolute atomic E-state index is 11.5. The van der Waals surface area contributed by atoms with E-state index in [1.807, 2.05) is 13.8 Å². The summed E-state index contributed by atoms with van der Waals surface area (Å²) in [5.41, 5.74) is 0. The van der Waals surface area contributed by atoms with Crippen molar-refractivity contribution < 1.29 is 14.3 Å². The molecule has 0 aromatic rings. The number of carbonyl (C=O) groups is 2. The second-order valence-corrected chi connectivity index (χ2v) is 3.71. The third-order valence-electron chi connectivity index (χ3n) is 2.03. The highest BCUT2D eigenvalue weighted by Crippen LogP contribution is 1.89. The van der Waals surface area contributed by atoms with E-state index in [2.05, 4.69) is 5.32 Å². The van der Waals surface area contributed by atoms with E-state index in [1.54, 1.807) is 18.7 Å². The Morgan fingerprint density at radius 2 is 1.75 bits per heavy atom. The van der Waals surface area contributed by atoms with Gasteiger partial charge in [-0.25, -0.2) is 0 Å². The van der Waals surface area contributed by atoms with Gasteiger partial charge in [0.15, 0.2) is 0 Å². The van der Waals surface area contributed by atoms with Crippen LogP contribution in [-0.4, -0.2) is 49.1 Å². The SMILES string of the molecule is CCN(CC)C(=O)CNCC(=O)OC(C)C. The van der Waals surface area contributed by atoms with Crippen molar-refractivity contribution in [1.29, 1.82) is 0 Å². The summed E-state index contributed by atoms with van der Waals surface area (Å²) in [5, 5.41) is 2.77. The molecule has 0 fully saturated rings. The molecule has 0 aliphatic heterocycles. The van der Waals surface area contributed by atoms with Crippen molar-refractivity contribution in [2.75, 3.05) is 26.2 Å². The molecule has 0 aliphatic carbocycles. The molecule has 0 saturated carbocycles. The van der Waals surface area contributed by atoms with Crippen LogP contribution >= 0.6 is 0 Å². The molecule has 0 rings (SSSR count). The zero-order chi connectivity index (χ0) is 12.6. The van der Waals surface area contributed by atoms with Gasteiger partial charge in [0.25, 0.3) is 0 Å². The molecular formula is C11H22N2O3. The van der Waals surface area contributed by atoms with Crippen LogP contribution in [0, 0.1) is 0 Å². The van der Waals surface area contributed by atoms with Gasteiger partial charge in [0.05, 0.1) is 19.2 Å². The molecule has 5 heteroatoms. The summed E-state index contributed by atoms with van der Waals surface area (Å²) < 4.78 is 4.92. The average molecular weight is 230 g/mol. The van der Waals surface area contributed by atoms with E-state index in [9.17, 15) is 9.59 Å². The fourth-order valence-electron chi connectivity index (χ4n) is 1.26. The van der Waals surface area contributed by atoms with Crippen LogP contribution < -0.4 is 5.32 Å². The predicted molar refractivity (Wildman–Crippen MR) is 62.0 cm³/mol. The molecule has 94 valence electrons. The highest BCUT2D eigenvalue weighted by atomic mass is 16.5. The third kappa shape index (κ3) is 6.40. The van der Waals surface area contributed by atoms with E-state index in [-0.39, 0.29) is 31.1 Å². The summed E-state index contributed by atoms with van der Waals surface area (Å²) in [4.78, 5) is 24.4. The fraction of sp³-hybridized carbons (Fsp3) is 0.818. The minimum atomic E-state index is -0.331. The standard InChI is InChI=1S/C11H22N2O3/c1-5-13(6-2)10(14)7-12-8-11(15)16-9(3)4/h9,12H,5-8H2,1-4H3. The van der Waals surface area contributed by atoms with Gasteiger partial charge in [-0.05, 0) is 27.7 Å². The molecule has 0 aromatic heterocycles. The van der Waals surface area contributed by atoms with Gasteiger partial charge in [-0.3, -0.25) is 14.9 Å². The molecule has 0 aliphatic rings. The molecule has 0 heterocycles. The van der Waals surface area contributed by atoms with Crippen LogP contribution in [-0.2, 0) is 14.3 Å². The van der Waals surface area contributed by atoms with Crippen molar-refractivity contribution in [3.63, 3.8) is 0 Å². The van der Waals surface area contributed by atoms with Gasteiger partial charge in [-0.1, -0.05) is 0 Å². The normalized spacial score (nSPS) is 10.3. The highest BCUT2D eigenvalue weighted by Gasteiger charge is 2.10. The van der Waals surface area contributed by atoms with Gasteiger partial charge in [0, 0.05) is 13.1 Å². The first-order valence-corrected chi connectivity index (χ1v) is 5.69. The Kier molecular flexibility index (Phi) is 7.54. The van der Waals surface area contributed by atoms with Crippen molar-refractivity contribution >= 4 is 11.9 Å². The van der Waals surface area contributed by atoms with Crippen molar-refractivity contribution in [3.8, 4) is 0 Å². The lowest BCUT2D eigenvalue weighted by Crippen LogP contribution is -2.39. The summed E-state index contributed by atoms with van der Waals surface area (Å²) in [5.74, 6) is -0.329. The van der Waals surface area contributed by atoms with Crippen LogP contribution in [0.15, 0.2) is 0 Å². The van der Waals surface area contributed by atoms with Crippen LogP contribution in [0.3, 0.4) is 0 Å². The molecule has 0 spiro atoms. The number of hydrogen-bond donors (Lipinski definition) is 1. The minimum absolute atomic E-state index is 0.00217. The summed E-state index contributed by atoms with van der Waals surface area (Å²) in [7, 11) is 0. The predicted octanol–water partition coefficient (Wildman–Crippen LogP) is 0.396. The molecular weight excluding hydrogens is 208 g/mol. The van der Waals surface area contributed by atoms with Gasteiger partial charge in [0.1, 0.15) is 0 Å². The van der Waals surface area contributed by atoms with E-state index >= 15 is 0 Å². The fourth-order valence-corrected chi connectivity index (χ4v) is 1.26. The first kappa shape index (κ1) is 14.9. The summed E-state index contributed by atoms with van der Waals surface area (Å²) in [6.07, 6.45) is -0.118. The van der Waals surface area contributed by atoms with Crippen LogP contribution in [0.2, 0.25) is 0 Å². The highest BCUT2D eigenvalue weighted by molar-refractivity contribution is 5.79. The first-order chi connectivity index (χ1) is 7.51. The van der Waals surface area contributed by atoms with E-state index in [0.717, 1.165) is 0 Å². The topological polar surface area (TPSA) is 58.6 Å². The lowest BCUT2D eigenvalue weighted by molar-refractivity contribution is -0.146. The Morgan fingerprint density at radius 3 is 2.19 bits per heavy atom. The third-order valence-corrected chi connectivity index (χ3v) is 2.03.